The average molecular weight is 749 g/mol. The number of allylic oxidation sites excluding steroid dienone is 1. The van der Waals surface area contributed by atoms with Crippen LogP contribution in [0.3, 0.4) is 0 Å². The standard InChI is InChI=1S/C25H38N2O4.C17H22N2O4/c1-5-6-7-8-9-10-11-20-16-23(30)26(24(20)31)15-14-19(2)17-25(3,4)18-27-21(28)12-13-22(27)29;1-12(8-9-18-13(20)4-5-14(18)21)10-17(2,3)11-19-15(22)6-7-16(19)23/h10-13,19-20H,5-9,14-18H2,1-4H3;4-7,12H,8-11H2,1-3H3/b11-10+;. The Kier molecular flexibility index (Phi) is 16.0. The van der Waals surface area contributed by atoms with E-state index in [1.54, 1.807) is 0 Å². The van der Waals surface area contributed by atoms with Crippen molar-refractivity contribution in [3.8, 4) is 0 Å². The van der Waals surface area contributed by atoms with Gasteiger partial charge >= 0.3 is 0 Å². The van der Waals surface area contributed by atoms with Gasteiger partial charge < -0.3 is 0 Å². The molecule has 296 valence electrons. The van der Waals surface area contributed by atoms with Gasteiger partial charge in [0.25, 0.3) is 35.4 Å². The molecule has 4 heterocycles. The van der Waals surface area contributed by atoms with Crippen LogP contribution >= 0.6 is 0 Å². The molecule has 4 rings (SSSR count). The summed E-state index contributed by atoms with van der Waals surface area (Å²) in [6, 6.07) is 0. The fourth-order valence-electron chi connectivity index (χ4n) is 7.64. The summed E-state index contributed by atoms with van der Waals surface area (Å²) in [6.07, 6.45) is 20.7. The molecule has 0 saturated carbocycles. The molecule has 0 spiro atoms. The molecule has 0 bridgehead atoms. The molecule has 0 N–H and O–H groups in total. The van der Waals surface area contributed by atoms with Gasteiger partial charge in [0.05, 0.1) is 5.92 Å². The first-order valence-electron chi connectivity index (χ1n) is 19.5. The molecule has 3 atom stereocenters. The molecule has 0 aromatic rings. The number of imide groups is 4. The molecule has 4 aliphatic heterocycles. The number of carbonyl (C=O) groups excluding carboxylic acids is 8. The minimum Gasteiger partial charge on any atom is -0.282 e. The van der Waals surface area contributed by atoms with Crippen molar-refractivity contribution in [3.63, 3.8) is 0 Å². The second-order valence-corrected chi connectivity index (χ2v) is 16.8. The highest BCUT2D eigenvalue weighted by Gasteiger charge is 2.38. The minimum absolute atomic E-state index is 0.0828. The summed E-state index contributed by atoms with van der Waals surface area (Å²) in [6.45, 7) is 16.0. The van der Waals surface area contributed by atoms with Gasteiger partial charge in [0, 0.05) is 69.1 Å². The first-order valence-corrected chi connectivity index (χ1v) is 19.5. The molecule has 3 unspecified atom stereocenters. The van der Waals surface area contributed by atoms with E-state index in [0.717, 1.165) is 25.7 Å². The van der Waals surface area contributed by atoms with Gasteiger partial charge in [-0.1, -0.05) is 79.9 Å². The van der Waals surface area contributed by atoms with Gasteiger partial charge in [-0.2, -0.15) is 0 Å². The molecule has 4 aliphatic rings. The smallest absolute Gasteiger partial charge is 0.253 e. The van der Waals surface area contributed by atoms with Crippen LogP contribution in [0.15, 0.2) is 48.6 Å². The van der Waals surface area contributed by atoms with E-state index in [0.29, 0.717) is 39.0 Å². The van der Waals surface area contributed by atoms with Crippen molar-refractivity contribution in [2.75, 3.05) is 26.2 Å². The van der Waals surface area contributed by atoms with Gasteiger partial charge in [-0.25, -0.2) is 0 Å². The van der Waals surface area contributed by atoms with Crippen molar-refractivity contribution >= 4 is 47.3 Å². The van der Waals surface area contributed by atoms with E-state index in [9.17, 15) is 38.4 Å². The minimum atomic E-state index is -0.315. The molecule has 0 aromatic heterocycles. The zero-order valence-electron chi connectivity index (χ0n) is 33.3. The van der Waals surface area contributed by atoms with Crippen molar-refractivity contribution in [2.45, 2.75) is 113 Å². The fraction of sp³-hybridized carbons (Fsp3) is 0.619. The molecule has 12 nitrogen and oxygen atoms in total. The Labute approximate surface area is 320 Å². The third-order valence-corrected chi connectivity index (χ3v) is 10.2. The zero-order chi connectivity index (χ0) is 40.2. The van der Waals surface area contributed by atoms with Crippen molar-refractivity contribution in [1.82, 2.24) is 19.6 Å². The number of unbranched alkanes of at least 4 members (excludes halogenated alkanes) is 4. The summed E-state index contributed by atoms with van der Waals surface area (Å²) in [5.41, 5.74) is -0.465. The van der Waals surface area contributed by atoms with E-state index in [1.165, 1.54) is 75.3 Å². The van der Waals surface area contributed by atoms with Gasteiger partial charge in [0.1, 0.15) is 0 Å². The maximum absolute atomic E-state index is 12.6. The van der Waals surface area contributed by atoms with Gasteiger partial charge in [-0.15, -0.1) is 0 Å². The Hall–Kier alpha value is -4.48. The molecule has 1 saturated heterocycles. The van der Waals surface area contributed by atoms with Crippen LogP contribution < -0.4 is 0 Å². The van der Waals surface area contributed by atoms with Gasteiger partial charge in [-0.05, 0) is 61.2 Å². The number of likely N-dealkylation sites (tertiary alicyclic amines) is 1. The van der Waals surface area contributed by atoms with Crippen molar-refractivity contribution < 1.29 is 38.4 Å². The van der Waals surface area contributed by atoms with Crippen molar-refractivity contribution in [2.24, 2.45) is 28.6 Å². The first-order chi connectivity index (χ1) is 25.3. The van der Waals surface area contributed by atoms with Crippen LogP contribution in [0, 0.1) is 28.6 Å². The fourth-order valence-corrected chi connectivity index (χ4v) is 7.64. The van der Waals surface area contributed by atoms with Gasteiger partial charge in [0.2, 0.25) is 11.8 Å². The number of hydrogen-bond donors (Lipinski definition) is 0. The summed E-state index contributed by atoms with van der Waals surface area (Å²) >= 11 is 0. The van der Waals surface area contributed by atoms with E-state index in [-0.39, 0.29) is 82.3 Å². The van der Waals surface area contributed by atoms with E-state index >= 15 is 0 Å². The lowest BCUT2D eigenvalue weighted by atomic mass is 9.81. The van der Waals surface area contributed by atoms with Crippen molar-refractivity contribution in [3.05, 3.63) is 48.6 Å². The van der Waals surface area contributed by atoms with Crippen LogP contribution in [0.2, 0.25) is 0 Å². The molecule has 8 amide bonds. The summed E-state index contributed by atoms with van der Waals surface area (Å²) in [7, 11) is 0. The highest BCUT2D eigenvalue weighted by atomic mass is 16.2. The highest BCUT2D eigenvalue weighted by molar-refractivity contribution is 6.14. The first kappa shape index (κ1) is 43.9. The SMILES string of the molecule is CC(CCN1C(=O)C=CC1=O)CC(C)(C)CN1C(=O)C=CC1=O.CCCCCC/C=C/C1CC(=O)N(CCC(C)CC(C)(C)CN2C(=O)C=CC2=O)C1=O. The normalized spacial score (nSPS) is 20.2. The van der Waals surface area contributed by atoms with E-state index < -0.39 is 0 Å². The third kappa shape index (κ3) is 13.1. The molecular formula is C42H60N4O8. The molecule has 0 aromatic carbocycles. The average Bonchev–Trinajstić information content (AvgIpc) is 3.77. The molecule has 12 heteroatoms. The lowest BCUT2D eigenvalue weighted by Crippen LogP contribution is -2.39. The van der Waals surface area contributed by atoms with E-state index in [2.05, 4.69) is 19.9 Å². The number of rotatable bonds is 20. The lowest BCUT2D eigenvalue weighted by Gasteiger charge is -2.32. The summed E-state index contributed by atoms with van der Waals surface area (Å²) < 4.78 is 0. The molecule has 0 radical (unpaired) electrons. The molecule has 0 aliphatic carbocycles. The Bertz CT molecular complexity index is 1520. The largest absolute Gasteiger partial charge is 0.282 e. The number of hydrogen-bond acceptors (Lipinski definition) is 8. The Morgan fingerprint density at radius 3 is 1.44 bits per heavy atom. The van der Waals surface area contributed by atoms with Crippen LogP contribution in [-0.2, 0) is 38.4 Å². The Balaban J connectivity index is 0.000000303. The number of carbonyl (C=O) groups is 8. The maximum Gasteiger partial charge on any atom is 0.253 e. The van der Waals surface area contributed by atoms with E-state index in [1.807, 2.05) is 40.7 Å². The van der Waals surface area contributed by atoms with E-state index in [4.69, 9.17) is 0 Å². The van der Waals surface area contributed by atoms with Crippen LogP contribution in [0.1, 0.15) is 113 Å². The molecule has 54 heavy (non-hydrogen) atoms. The zero-order valence-corrected chi connectivity index (χ0v) is 33.3. The van der Waals surface area contributed by atoms with Gasteiger partial charge in [0.15, 0.2) is 0 Å². The van der Waals surface area contributed by atoms with Crippen LogP contribution in [0.5, 0.6) is 0 Å². The van der Waals surface area contributed by atoms with Crippen LogP contribution in [0.4, 0.5) is 0 Å². The van der Waals surface area contributed by atoms with Crippen LogP contribution in [0.25, 0.3) is 0 Å². The summed E-state index contributed by atoms with van der Waals surface area (Å²) in [4.78, 5) is 100. The van der Waals surface area contributed by atoms with Gasteiger partial charge in [-0.3, -0.25) is 58.0 Å². The number of amides is 8. The highest BCUT2D eigenvalue weighted by Crippen LogP contribution is 2.31. The number of nitrogens with zero attached hydrogens (tertiary/aromatic N) is 4. The van der Waals surface area contributed by atoms with Crippen molar-refractivity contribution in [1.29, 1.82) is 0 Å². The summed E-state index contributed by atoms with van der Waals surface area (Å²) in [5.74, 6) is -1.56. The molecular weight excluding hydrogens is 688 g/mol. The molecule has 1 fully saturated rings. The third-order valence-electron chi connectivity index (χ3n) is 10.2. The predicted molar refractivity (Wildman–Crippen MR) is 205 cm³/mol. The Morgan fingerprint density at radius 1 is 0.611 bits per heavy atom. The second-order valence-electron chi connectivity index (χ2n) is 16.8. The lowest BCUT2D eigenvalue weighted by molar-refractivity contribution is -0.140. The summed E-state index contributed by atoms with van der Waals surface area (Å²) in [5, 5.41) is 0. The topological polar surface area (TPSA) is 150 Å². The Morgan fingerprint density at radius 2 is 1.02 bits per heavy atom. The second kappa shape index (κ2) is 19.7. The van der Waals surface area contributed by atoms with Crippen LogP contribution in [-0.4, -0.2) is 93.0 Å². The monoisotopic (exact) mass is 748 g/mol. The maximum atomic E-state index is 12.6. The predicted octanol–water partition coefficient (Wildman–Crippen LogP) is 5.53. The quantitative estimate of drug-likeness (QED) is 0.0896.